The quantitative estimate of drug-likeness (QED) is 0.533. The lowest BCUT2D eigenvalue weighted by Gasteiger charge is -2.15. The molecule has 30 heavy (non-hydrogen) atoms. The van der Waals surface area contributed by atoms with Gasteiger partial charge in [-0.05, 0) is 19.1 Å². The predicted molar refractivity (Wildman–Crippen MR) is 110 cm³/mol. The Morgan fingerprint density at radius 1 is 1.23 bits per heavy atom. The summed E-state index contributed by atoms with van der Waals surface area (Å²) in [5, 5.41) is 8.92. The van der Waals surface area contributed by atoms with Gasteiger partial charge in [0.15, 0.2) is 5.82 Å². The highest BCUT2D eigenvalue weighted by Gasteiger charge is 2.22. The number of anilines is 1. The molecule has 3 aromatic rings. The third kappa shape index (κ3) is 5.35. The summed E-state index contributed by atoms with van der Waals surface area (Å²) in [5.41, 5.74) is 0.833. The predicted octanol–water partition coefficient (Wildman–Crippen LogP) is 3.32. The van der Waals surface area contributed by atoms with E-state index in [0.29, 0.717) is 22.6 Å². The number of hydrogen-bond acceptors (Lipinski definition) is 6. The maximum atomic E-state index is 13.5. The van der Waals surface area contributed by atoms with Crippen LogP contribution in [-0.2, 0) is 9.59 Å². The van der Waals surface area contributed by atoms with Gasteiger partial charge in [-0.25, -0.2) is 4.98 Å². The fourth-order valence-electron chi connectivity index (χ4n) is 2.87. The van der Waals surface area contributed by atoms with Crippen molar-refractivity contribution in [3.8, 4) is 0 Å². The van der Waals surface area contributed by atoms with Crippen molar-refractivity contribution in [1.82, 2.24) is 20.0 Å². The van der Waals surface area contributed by atoms with Gasteiger partial charge in [0, 0.05) is 18.5 Å². The second-order valence-electron chi connectivity index (χ2n) is 6.68. The molecule has 11 heteroatoms. The van der Waals surface area contributed by atoms with Gasteiger partial charge in [-0.2, -0.15) is 8.78 Å². The van der Waals surface area contributed by atoms with Crippen LogP contribution in [0, 0.1) is 6.92 Å². The van der Waals surface area contributed by atoms with Gasteiger partial charge in [0.05, 0.1) is 22.5 Å². The van der Waals surface area contributed by atoms with E-state index < -0.39 is 12.5 Å². The van der Waals surface area contributed by atoms with Gasteiger partial charge in [-0.3, -0.25) is 14.2 Å². The van der Waals surface area contributed by atoms with E-state index in [-0.39, 0.29) is 35.7 Å². The average Bonchev–Trinajstić information content (AvgIpc) is 3.29. The van der Waals surface area contributed by atoms with Crippen LogP contribution in [-0.4, -0.2) is 44.6 Å². The van der Waals surface area contributed by atoms with Crippen LogP contribution in [0.2, 0.25) is 0 Å². The molecule has 0 radical (unpaired) electrons. The number of halogens is 2. The average molecular weight is 437 g/mol. The number of hydrogen-bond donors (Lipinski definition) is 2. The minimum absolute atomic E-state index is 0.0588. The molecule has 0 aliphatic rings. The fraction of sp³-hybridized carbons (Fsp3) is 0.368. The zero-order valence-electron chi connectivity index (χ0n) is 16.4. The third-order valence-corrected chi connectivity index (χ3v) is 5.16. The number of carbonyl (C=O) groups is 2. The molecule has 2 amide bonds. The molecular weight excluding hydrogens is 416 g/mol. The normalized spacial score (nSPS) is 12.3. The Morgan fingerprint density at radius 2 is 1.97 bits per heavy atom. The Labute approximate surface area is 175 Å². The summed E-state index contributed by atoms with van der Waals surface area (Å²) in [6.45, 7) is 0.855. The van der Waals surface area contributed by atoms with Crippen molar-refractivity contribution in [2.75, 3.05) is 23.4 Å². The molecule has 0 saturated carbocycles. The Morgan fingerprint density at radius 3 is 2.67 bits per heavy atom. The van der Waals surface area contributed by atoms with Gasteiger partial charge in [-0.15, -0.1) is 11.8 Å². The number of aryl methyl sites for hydroxylation is 1. The minimum atomic E-state index is -2.73. The number of alkyl halides is 2. The fourth-order valence-corrected chi connectivity index (χ4v) is 3.51. The Bertz CT molecular complexity index is 1040. The van der Waals surface area contributed by atoms with Crippen LogP contribution >= 0.6 is 11.8 Å². The Hall–Kier alpha value is -2.95. The molecule has 0 aliphatic carbocycles. The lowest BCUT2D eigenvalue weighted by Crippen LogP contribution is -2.30. The topological polar surface area (TPSA) is 102 Å². The zero-order valence-corrected chi connectivity index (χ0v) is 17.2. The van der Waals surface area contributed by atoms with E-state index in [1.165, 1.54) is 0 Å². The first-order chi connectivity index (χ1) is 14.3. The Kier molecular flexibility index (Phi) is 7.03. The number of para-hydroxylation sites is 2. The summed E-state index contributed by atoms with van der Waals surface area (Å²) in [4.78, 5) is 28.2. The number of rotatable bonds is 9. The second-order valence-corrected chi connectivity index (χ2v) is 7.66. The number of thioether (sulfide) groups is 1. The lowest BCUT2D eigenvalue weighted by atomic mass is 10.1. The first-order valence-electron chi connectivity index (χ1n) is 9.17. The highest BCUT2D eigenvalue weighted by Crippen LogP contribution is 2.27. The molecule has 0 spiro atoms. The lowest BCUT2D eigenvalue weighted by molar-refractivity contribution is -0.118. The molecule has 2 aromatic heterocycles. The van der Waals surface area contributed by atoms with Crippen LogP contribution in [0.25, 0.3) is 11.0 Å². The number of amides is 2. The van der Waals surface area contributed by atoms with Crippen LogP contribution in [0.15, 0.2) is 34.9 Å². The smallest absolute Gasteiger partial charge is 0.320 e. The number of imidazole rings is 1. The van der Waals surface area contributed by atoms with Crippen LogP contribution < -0.4 is 10.6 Å². The first kappa shape index (κ1) is 21.8. The van der Waals surface area contributed by atoms with Gasteiger partial charge in [0.1, 0.15) is 11.6 Å². The summed E-state index contributed by atoms with van der Waals surface area (Å²) in [6.07, 6.45) is 0. The number of carbonyl (C=O) groups excluding carboxylic acids is 2. The number of benzene rings is 1. The molecule has 0 aliphatic heterocycles. The van der Waals surface area contributed by atoms with E-state index in [2.05, 4.69) is 20.8 Å². The zero-order chi connectivity index (χ0) is 21.7. The molecule has 2 N–H and O–H groups in total. The van der Waals surface area contributed by atoms with E-state index in [0.717, 1.165) is 16.3 Å². The molecule has 0 saturated heterocycles. The van der Waals surface area contributed by atoms with E-state index in [4.69, 9.17) is 4.52 Å². The highest BCUT2D eigenvalue weighted by molar-refractivity contribution is 8.00. The van der Waals surface area contributed by atoms with E-state index >= 15 is 0 Å². The van der Waals surface area contributed by atoms with E-state index in [1.807, 2.05) is 0 Å². The maximum absolute atomic E-state index is 13.5. The molecule has 0 bridgehead atoms. The molecule has 8 nitrogen and oxygen atoms in total. The third-order valence-electron chi connectivity index (χ3n) is 4.23. The second kappa shape index (κ2) is 9.70. The molecule has 1 atom stereocenters. The van der Waals surface area contributed by atoms with Crippen LogP contribution in [0.1, 0.15) is 31.0 Å². The minimum Gasteiger partial charge on any atom is -0.360 e. The highest BCUT2D eigenvalue weighted by atomic mass is 32.2. The van der Waals surface area contributed by atoms with Gasteiger partial charge >= 0.3 is 6.55 Å². The molecule has 0 unspecified atom stereocenters. The van der Waals surface area contributed by atoms with Crippen molar-refractivity contribution >= 4 is 40.4 Å². The standard InChI is InChI=1S/C19H21F2N5O3S/c1-11(18-23-13-5-3-4-6-14(13)26(18)19(20)21)8-22-16(27)9-30-10-17(28)24-15-7-12(2)29-25-15/h3-7,11,19H,8-10H2,1-2H3,(H,22,27)(H,24,25,28)/t11-/m0/s1. The van der Waals surface area contributed by atoms with Gasteiger partial charge < -0.3 is 15.2 Å². The van der Waals surface area contributed by atoms with Crippen molar-refractivity contribution in [2.45, 2.75) is 26.3 Å². The Balaban J connectivity index is 1.47. The SMILES string of the molecule is Cc1cc(NC(=O)CSCC(=O)NC[C@H](C)c2nc3ccccc3n2C(F)F)no1. The van der Waals surface area contributed by atoms with Crippen molar-refractivity contribution in [2.24, 2.45) is 0 Å². The number of fused-ring (bicyclic) bond motifs is 1. The summed E-state index contributed by atoms with van der Waals surface area (Å²) >= 11 is 1.13. The first-order valence-corrected chi connectivity index (χ1v) is 10.3. The van der Waals surface area contributed by atoms with Crippen molar-refractivity contribution in [1.29, 1.82) is 0 Å². The van der Waals surface area contributed by atoms with Crippen LogP contribution in [0.5, 0.6) is 0 Å². The van der Waals surface area contributed by atoms with Crippen molar-refractivity contribution in [3.05, 3.63) is 41.9 Å². The van der Waals surface area contributed by atoms with Gasteiger partial charge in [-0.1, -0.05) is 24.2 Å². The van der Waals surface area contributed by atoms with E-state index in [1.54, 1.807) is 44.2 Å². The molecule has 0 fully saturated rings. The molecule has 1 aromatic carbocycles. The molecule has 2 heterocycles. The summed E-state index contributed by atoms with van der Waals surface area (Å²) in [5.74, 6) is 0.210. The molecular formula is C19H21F2N5O3S. The van der Waals surface area contributed by atoms with Crippen LogP contribution in [0.4, 0.5) is 14.6 Å². The van der Waals surface area contributed by atoms with Crippen molar-refractivity contribution in [3.63, 3.8) is 0 Å². The van der Waals surface area contributed by atoms with E-state index in [9.17, 15) is 18.4 Å². The summed E-state index contributed by atoms with van der Waals surface area (Å²) < 4.78 is 32.8. The van der Waals surface area contributed by atoms with Gasteiger partial charge in [0.25, 0.3) is 0 Å². The maximum Gasteiger partial charge on any atom is 0.320 e. The monoisotopic (exact) mass is 437 g/mol. The van der Waals surface area contributed by atoms with Crippen LogP contribution in [0.3, 0.4) is 0 Å². The summed E-state index contributed by atoms with van der Waals surface area (Å²) in [6, 6.07) is 8.26. The number of nitrogens with one attached hydrogen (secondary N) is 2. The van der Waals surface area contributed by atoms with Gasteiger partial charge in [0.2, 0.25) is 11.8 Å². The molecule has 160 valence electrons. The number of nitrogens with zero attached hydrogens (tertiary/aromatic N) is 3. The largest absolute Gasteiger partial charge is 0.360 e. The summed E-state index contributed by atoms with van der Waals surface area (Å²) in [7, 11) is 0. The van der Waals surface area contributed by atoms with Crippen molar-refractivity contribution < 1.29 is 22.9 Å². The number of aromatic nitrogens is 3. The molecule has 3 rings (SSSR count).